The van der Waals surface area contributed by atoms with Gasteiger partial charge in [0.05, 0.1) is 13.2 Å². The molecule has 0 heterocycles. The molecule has 0 aliphatic carbocycles. The zero-order valence-electron chi connectivity index (χ0n) is 20.8. The minimum atomic E-state index is -3.31. The van der Waals surface area contributed by atoms with Gasteiger partial charge in [-0.15, -0.1) is 0 Å². The van der Waals surface area contributed by atoms with Gasteiger partial charge in [-0.25, -0.2) is 0 Å². The molecule has 0 aromatic rings. The van der Waals surface area contributed by atoms with E-state index >= 15 is 0 Å². The van der Waals surface area contributed by atoms with E-state index in [-0.39, 0.29) is 5.41 Å². The van der Waals surface area contributed by atoms with Crippen LogP contribution in [0.25, 0.3) is 0 Å². The molecular weight excluding hydrogens is 381 g/mol. The van der Waals surface area contributed by atoms with Crippen LogP contribution in [-0.4, -0.2) is 25.0 Å². The summed E-state index contributed by atoms with van der Waals surface area (Å²) in [5, 5.41) is 2.92. The van der Waals surface area contributed by atoms with Crippen LogP contribution in [0.1, 0.15) is 126 Å². The normalized spacial score (nSPS) is 14.9. The lowest BCUT2D eigenvalue weighted by atomic mass is 9.87. The summed E-state index contributed by atoms with van der Waals surface area (Å²) in [4.78, 5) is 0. The summed E-state index contributed by atoms with van der Waals surface area (Å²) in [6.07, 6.45) is 14.2. The molecule has 0 aromatic carbocycles. The van der Waals surface area contributed by atoms with Crippen LogP contribution in [0, 0.1) is 5.41 Å². The molecule has 0 aliphatic heterocycles. The first-order chi connectivity index (χ1) is 13.7. The van der Waals surface area contributed by atoms with Gasteiger partial charge in [0, 0.05) is 0 Å². The summed E-state index contributed by atoms with van der Waals surface area (Å²) < 4.78 is 26.0. The van der Waals surface area contributed by atoms with E-state index in [1.54, 1.807) is 0 Å². The molecule has 0 fully saturated rings. The molecule has 1 unspecified atom stereocenters. The Labute approximate surface area is 182 Å². The summed E-state index contributed by atoms with van der Waals surface area (Å²) in [7, 11) is -3.31. The van der Waals surface area contributed by atoms with Gasteiger partial charge in [0.2, 0.25) is 0 Å². The number of hydrogen-bond donors (Lipinski definition) is 1. The molecule has 0 spiro atoms. The molecule has 29 heavy (non-hydrogen) atoms. The molecule has 0 saturated heterocycles. The highest BCUT2D eigenvalue weighted by atomic mass is 31.2. The number of nitrogens with one attached hydrogen (secondary N) is 1. The molecule has 176 valence electrons. The van der Waals surface area contributed by atoms with E-state index in [1.807, 2.05) is 6.92 Å². The molecule has 0 amide bonds. The molecule has 1 atom stereocenters. The number of unbranched alkanes of at least 4 members (excludes halogenated alkanes) is 9. The van der Waals surface area contributed by atoms with E-state index in [4.69, 9.17) is 9.05 Å². The second kappa shape index (κ2) is 15.8. The molecule has 1 N–H and O–H groups in total. The van der Waals surface area contributed by atoms with Crippen LogP contribution in [0.3, 0.4) is 0 Å². The zero-order chi connectivity index (χ0) is 22.2. The summed E-state index contributed by atoms with van der Waals surface area (Å²) in [5.74, 6) is 0. The predicted octanol–water partition coefficient (Wildman–Crippen LogP) is 8.31. The van der Waals surface area contributed by atoms with Gasteiger partial charge >= 0.3 is 7.60 Å². The molecular formula is C24H52NO3P. The second-order valence-electron chi connectivity index (χ2n) is 9.59. The van der Waals surface area contributed by atoms with Crippen LogP contribution < -0.4 is 5.32 Å². The van der Waals surface area contributed by atoms with Crippen LogP contribution in [0.2, 0.25) is 0 Å². The lowest BCUT2D eigenvalue weighted by molar-refractivity contribution is 0.129. The Kier molecular flexibility index (Phi) is 15.9. The highest BCUT2D eigenvalue weighted by molar-refractivity contribution is 7.55. The van der Waals surface area contributed by atoms with Crippen molar-refractivity contribution in [2.75, 3.05) is 19.8 Å². The van der Waals surface area contributed by atoms with Crippen molar-refractivity contribution in [1.82, 2.24) is 5.32 Å². The summed E-state index contributed by atoms with van der Waals surface area (Å²) in [6.45, 7) is 16.8. The largest absolute Gasteiger partial charge is 0.350 e. The van der Waals surface area contributed by atoms with Crippen molar-refractivity contribution in [2.45, 2.75) is 131 Å². The van der Waals surface area contributed by atoms with Crippen molar-refractivity contribution < 1.29 is 13.6 Å². The lowest BCUT2D eigenvalue weighted by Gasteiger charge is -2.46. The van der Waals surface area contributed by atoms with Gasteiger partial charge in [-0.2, -0.15) is 0 Å². The van der Waals surface area contributed by atoms with Crippen molar-refractivity contribution in [2.24, 2.45) is 5.41 Å². The van der Waals surface area contributed by atoms with Crippen LogP contribution in [0.5, 0.6) is 0 Å². The molecule has 0 aromatic heterocycles. The van der Waals surface area contributed by atoms with Gasteiger partial charge < -0.3 is 14.4 Å². The Bertz CT molecular complexity index is 422. The van der Waals surface area contributed by atoms with Gasteiger partial charge in [0.1, 0.15) is 5.28 Å². The quantitative estimate of drug-likeness (QED) is 0.164. The van der Waals surface area contributed by atoms with E-state index < -0.39 is 12.9 Å². The molecule has 0 bridgehead atoms. The van der Waals surface area contributed by atoms with Crippen molar-refractivity contribution in [3.63, 3.8) is 0 Å². The van der Waals surface area contributed by atoms with Crippen LogP contribution in [0.4, 0.5) is 0 Å². The van der Waals surface area contributed by atoms with Crippen molar-refractivity contribution in [1.29, 1.82) is 0 Å². The molecule has 0 saturated carbocycles. The molecule has 0 rings (SSSR count). The Hall–Kier alpha value is 0.110. The smallest absolute Gasteiger partial charge is 0.307 e. The SMILES string of the molecule is CCCCCCCCCCNC(C)(C(C)(C)C)P(=O)(OCCCC)OCCCC. The minimum Gasteiger partial charge on any atom is -0.307 e. The zero-order valence-corrected chi connectivity index (χ0v) is 21.7. The highest BCUT2D eigenvalue weighted by Crippen LogP contribution is 2.64. The van der Waals surface area contributed by atoms with Gasteiger partial charge in [0.15, 0.2) is 0 Å². The monoisotopic (exact) mass is 433 g/mol. The molecule has 4 nitrogen and oxygen atoms in total. The van der Waals surface area contributed by atoms with Crippen molar-refractivity contribution >= 4 is 7.60 Å². The summed E-state index contributed by atoms with van der Waals surface area (Å²) >= 11 is 0. The Balaban J connectivity index is 4.87. The van der Waals surface area contributed by atoms with E-state index in [0.29, 0.717) is 13.2 Å². The molecule has 0 radical (unpaired) electrons. The predicted molar refractivity (Wildman–Crippen MR) is 128 cm³/mol. The van der Waals surface area contributed by atoms with E-state index in [1.165, 1.54) is 44.9 Å². The molecule has 0 aliphatic rings. The number of hydrogen-bond acceptors (Lipinski definition) is 4. The Morgan fingerprint density at radius 1 is 0.655 bits per heavy atom. The first-order valence-electron chi connectivity index (χ1n) is 12.3. The second-order valence-corrected chi connectivity index (χ2v) is 12.0. The minimum absolute atomic E-state index is 0.249. The Morgan fingerprint density at radius 2 is 1.07 bits per heavy atom. The standard InChI is InChI=1S/C24H52NO3P/c1-8-11-14-15-16-17-18-19-20-25-24(7,23(4,5)6)29(26,27-21-12-9-2)28-22-13-10-3/h25H,8-22H2,1-7H3. The van der Waals surface area contributed by atoms with Gasteiger partial charge in [0.25, 0.3) is 0 Å². The maximum Gasteiger partial charge on any atom is 0.350 e. The first-order valence-corrected chi connectivity index (χ1v) is 13.9. The van der Waals surface area contributed by atoms with E-state index in [9.17, 15) is 4.57 Å². The average molecular weight is 434 g/mol. The maximum atomic E-state index is 14.0. The van der Waals surface area contributed by atoms with Crippen LogP contribution >= 0.6 is 7.60 Å². The maximum absolute atomic E-state index is 14.0. The summed E-state index contributed by atoms with van der Waals surface area (Å²) in [5.41, 5.74) is -0.249. The van der Waals surface area contributed by atoms with E-state index in [2.05, 4.69) is 46.9 Å². The third-order valence-corrected chi connectivity index (χ3v) is 9.00. The lowest BCUT2D eigenvalue weighted by Crippen LogP contribution is -2.53. The van der Waals surface area contributed by atoms with Crippen molar-refractivity contribution in [3.05, 3.63) is 0 Å². The fourth-order valence-electron chi connectivity index (χ4n) is 3.32. The summed E-state index contributed by atoms with van der Waals surface area (Å²) in [6, 6.07) is 0. The van der Waals surface area contributed by atoms with Crippen molar-refractivity contribution in [3.8, 4) is 0 Å². The van der Waals surface area contributed by atoms with Gasteiger partial charge in [-0.1, -0.05) is 99.3 Å². The Morgan fingerprint density at radius 3 is 1.48 bits per heavy atom. The molecule has 5 heteroatoms. The average Bonchev–Trinajstić information content (AvgIpc) is 2.66. The highest BCUT2D eigenvalue weighted by Gasteiger charge is 2.54. The topological polar surface area (TPSA) is 47.6 Å². The van der Waals surface area contributed by atoms with Crippen LogP contribution in [-0.2, 0) is 13.6 Å². The third kappa shape index (κ3) is 10.8. The van der Waals surface area contributed by atoms with Gasteiger partial charge in [-0.05, 0) is 38.1 Å². The fourth-order valence-corrected chi connectivity index (χ4v) is 5.77. The number of rotatable bonds is 19. The first kappa shape index (κ1) is 29.1. The third-order valence-electron chi connectivity index (χ3n) is 6.03. The van der Waals surface area contributed by atoms with Gasteiger partial charge in [-0.3, -0.25) is 4.57 Å². The fraction of sp³-hybridized carbons (Fsp3) is 1.00. The van der Waals surface area contributed by atoms with E-state index in [0.717, 1.165) is 38.6 Å². The van der Waals surface area contributed by atoms with Crippen LogP contribution in [0.15, 0.2) is 0 Å².